The fourth-order valence-corrected chi connectivity index (χ4v) is 2.24. The van der Waals surface area contributed by atoms with Gasteiger partial charge in [-0.25, -0.2) is 0 Å². The molecule has 14 heavy (non-hydrogen) atoms. The Labute approximate surface area is 83.9 Å². The van der Waals surface area contributed by atoms with Gasteiger partial charge in [-0.05, 0) is 12.8 Å². The van der Waals surface area contributed by atoms with E-state index in [9.17, 15) is 4.79 Å². The second kappa shape index (κ2) is 3.45. The lowest BCUT2D eigenvalue weighted by Crippen LogP contribution is -2.38. The van der Waals surface area contributed by atoms with Crippen molar-refractivity contribution < 1.29 is 9.53 Å². The predicted octanol–water partition coefficient (Wildman–Crippen LogP) is 2.24. The topological polar surface area (TPSA) is 26.3 Å². The minimum absolute atomic E-state index is 0.118. The van der Waals surface area contributed by atoms with Gasteiger partial charge in [-0.15, -0.1) is 0 Å². The number of ether oxygens (including phenoxy) is 1. The summed E-state index contributed by atoms with van der Waals surface area (Å²) >= 11 is 0. The standard InChI is InChI=1S/C12H14O2/c1-14-11(13)12-8-4-2-6-10(12)7-3-5-9-12/h2-4,6-8,10H,5,9H2,1H3/t10-,12-/m1/s1. The van der Waals surface area contributed by atoms with Gasteiger partial charge in [-0.2, -0.15) is 0 Å². The van der Waals surface area contributed by atoms with Crippen LogP contribution in [0.4, 0.5) is 0 Å². The minimum atomic E-state index is -0.432. The molecule has 2 heteroatoms. The third-order valence-corrected chi connectivity index (χ3v) is 3.05. The number of carbonyl (C=O) groups excluding carboxylic acids is 1. The summed E-state index contributed by atoms with van der Waals surface area (Å²) in [5.41, 5.74) is -0.432. The molecule has 0 aromatic rings. The van der Waals surface area contributed by atoms with Crippen LogP contribution in [0.5, 0.6) is 0 Å². The van der Waals surface area contributed by atoms with Crippen molar-refractivity contribution in [1.29, 1.82) is 0 Å². The Balaban J connectivity index is 2.38. The van der Waals surface area contributed by atoms with Crippen molar-refractivity contribution in [2.24, 2.45) is 11.3 Å². The number of rotatable bonds is 1. The predicted molar refractivity (Wildman–Crippen MR) is 54.6 cm³/mol. The molecule has 0 unspecified atom stereocenters. The Morgan fingerprint density at radius 2 is 2.29 bits per heavy atom. The Morgan fingerprint density at radius 3 is 3.07 bits per heavy atom. The van der Waals surface area contributed by atoms with Crippen LogP contribution in [0.25, 0.3) is 0 Å². The molecule has 0 spiro atoms. The molecule has 0 aromatic carbocycles. The zero-order valence-electron chi connectivity index (χ0n) is 8.27. The van der Waals surface area contributed by atoms with Gasteiger partial charge >= 0.3 is 5.97 Å². The summed E-state index contributed by atoms with van der Waals surface area (Å²) in [6.07, 6.45) is 14.0. The number of carbonyl (C=O) groups is 1. The number of methoxy groups -OCH3 is 1. The normalized spacial score (nSPS) is 33.9. The molecule has 0 heterocycles. The molecule has 74 valence electrons. The highest BCUT2D eigenvalue weighted by molar-refractivity contribution is 5.81. The van der Waals surface area contributed by atoms with Crippen molar-refractivity contribution in [2.45, 2.75) is 12.8 Å². The molecule has 0 N–H and O–H groups in total. The summed E-state index contributed by atoms with van der Waals surface area (Å²) in [4.78, 5) is 11.8. The summed E-state index contributed by atoms with van der Waals surface area (Å²) in [6.45, 7) is 0. The van der Waals surface area contributed by atoms with Gasteiger partial charge in [0.15, 0.2) is 0 Å². The SMILES string of the molecule is COC(=O)[C@@]12C=CC=C[C@@H]1C=CCC2. The van der Waals surface area contributed by atoms with Gasteiger partial charge in [0.25, 0.3) is 0 Å². The van der Waals surface area contributed by atoms with E-state index < -0.39 is 5.41 Å². The molecular formula is C12H14O2. The van der Waals surface area contributed by atoms with Gasteiger partial charge in [-0.3, -0.25) is 4.79 Å². The zero-order chi connectivity index (χ0) is 10.0. The molecule has 2 aliphatic carbocycles. The molecule has 0 saturated heterocycles. The molecule has 0 radical (unpaired) electrons. The number of hydrogen-bond acceptors (Lipinski definition) is 2. The molecule has 0 amide bonds. The molecule has 2 nitrogen and oxygen atoms in total. The van der Waals surface area contributed by atoms with Crippen LogP contribution < -0.4 is 0 Å². The number of allylic oxidation sites excluding steroid dienone is 5. The van der Waals surface area contributed by atoms with Crippen molar-refractivity contribution in [3.63, 3.8) is 0 Å². The Hall–Kier alpha value is -1.31. The molecular weight excluding hydrogens is 176 g/mol. The van der Waals surface area contributed by atoms with E-state index in [0.29, 0.717) is 0 Å². The monoisotopic (exact) mass is 190 g/mol. The second-order valence-corrected chi connectivity index (χ2v) is 3.77. The van der Waals surface area contributed by atoms with E-state index in [0.717, 1.165) is 12.8 Å². The first-order chi connectivity index (χ1) is 6.79. The fraction of sp³-hybridized carbons (Fsp3) is 0.417. The smallest absolute Gasteiger partial charge is 0.316 e. The van der Waals surface area contributed by atoms with Crippen LogP contribution in [0.3, 0.4) is 0 Å². The van der Waals surface area contributed by atoms with Crippen LogP contribution in [-0.2, 0) is 9.53 Å². The van der Waals surface area contributed by atoms with Crippen molar-refractivity contribution in [3.05, 3.63) is 36.5 Å². The summed E-state index contributed by atoms with van der Waals surface area (Å²) < 4.78 is 4.89. The van der Waals surface area contributed by atoms with Crippen molar-refractivity contribution in [1.82, 2.24) is 0 Å². The lowest BCUT2D eigenvalue weighted by atomic mass is 9.67. The molecule has 0 bridgehead atoms. The third-order valence-electron chi connectivity index (χ3n) is 3.05. The van der Waals surface area contributed by atoms with Crippen molar-refractivity contribution in [3.8, 4) is 0 Å². The molecule has 2 aliphatic rings. The molecule has 0 aromatic heterocycles. The lowest BCUT2D eigenvalue weighted by molar-refractivity contribution is -0.151. The second-order valence-electron chi connectivity index (χ2n) is 3.77. The molecule has 0 aliphatic heterocycles. The van der Waals surface area contributed by atoms with E-state index in [4.69, 9.17) is 4.74 Å². The lowest BCUT2D eigenvalue weighted by Gasteiger charge is -2.36. The Kier molecular flexibility index (Phi) is 2.28. The maximum atomic E-state index is 11.8. The maximum Gasteiger partial charge on any atom is 0.316 e. The molecule has 0 saturated carbocycles. The van der Waals surface area contributed by atoms with Gasteiger partial charge in [0, 0.05) is 5.92 Å². The summed E-state index contributed by atoms with van der Waals surface area (Å²) in [5.74, 6) is 0.0566. The first kappa shape index (κ1) is 9.25. The van der Waals surface area contributed by atoms with E-state index in [1.807, 2.05) is 18.2 Å². The number of hydrogen-bond donors (Lipinski definition) is 0. The van der Waals surface area contributed by atoms with E-state index >= 15 is 0 Å². The van der Waals surface area contributed by atoms with Gasteiger partial charge in [-0.1, -0.05) is 36.5 Å². The van der Waals surface area contributed by atoms with Crippen LogP contribution in [0.15, 0.2) is 36.5 Å². The minimum Gasteiger partial charge on any atom is -0.468 e. The van der Waals surface area contributed by atoms with Crippen LogP contribution in [0.1, 0.15) is 12.8 Å². The van der Waals surface area contributed by atoms with E-state index in [1.165, 1.54) is 7.11 Å². The average molecular weight is 190 g/mol. The molecule has 2 rings (SSSR count). The Morgan fingerprint density at radius 1 is 1.43 bits per heavy atom. The van der Waals surface area contributed by atoms with E-state index in [2.05, 4.69) is 18.2 Å². The van der Waals surface area contributed by atoms with Crippen LogP contribution in [-0.4, -0.2) is 13.1 Å². The molecule has 2 atom stereocenters. The highest BCUT2D eigenvalue weighted by Gasteiger charge is 2.43. The average Bonchev–Trinajstić information content (AvgIpc) is 2.28. The van der Waals surface area contributed by atoms with Crippen LogP contribution >= 0.6 is 0 Å². The first-order valence-corrected chi connectivity index (χ1v) is 4.91. The maximum absolute atomic E-state index is 11.8. The van der Waals surface area contributed by atoms with E-state index in [-0.39, 0.29) is 11.9 Å². The first-order valence-electron chi connectivity index (χ1n) is 4.91. The third kappa shape index (κ3) is 1.22. The van der Waals surface area contributed by atoms with Gasteiger partial charge in [0.05, 0.1) is 12.5 Å². The van der Waals surface area contributed by atoms with Gasteiger partial charge in [0.1, 0.15) is 0 Å². The number of esters is 1. The largest absolute Gasteiger partial charge is 0.468 e. The van der Waals surface area contributed by atoms with Crippen LogP contribution in [0.2, 0.25) is 0 Å². The Bertz CT molecular complexity index is 325. The number of fused-ring (bicyclic) bond motifs is 1. The summed E-state index contributed by atoms with van der Waals surface area (Å²) in [6, 6.07) is 0. The van der Waals surface area contributed by atoms with Crippen molar-refractivity contribution >= 4 is 5.97 Å². The highest BCUT2D eigenvalue weighted by atomic mass is 16.5. The highest BCUT2D eigenvalue weighted by Crippen LogP contribution is 2.42. The zero-order valence-corrected chi connectivity index (χ0v) is 8.27. The van der Waals surface area contributed by atoms with E-state index in [1.54, 1.807) is 0 Å². The van der Waals surface area contributed by atoms with Crippen molar-refractivity contribution in [2.75, 3.05) is 7.11 Å². The fourth-order valence-electron chi connectivity index (χ4n) is 2.24. The van der Waals surface area contributed by atoms with Gasteiger partial charge in [0.2, 0.25) is 0 Å². The quantitative estimate of drug-likeness (QED) is 0.468. The molecule has 0 fully saturated rings. The summed E-state index contributed by atoms with van der Waals surface area (Å²) in [5, 5.41) is 0. The van der Waals surface area contributed by atoms with Crippen LogP contribution in [0, 0.1) is 11.3 Å². The summed E-state index contributed by atoms with van der Waals surface area (Å²) in [7, 11) is 1.46. The van der Waals surface area contributed by atoms with Gasteiger partial charge < -0.3 is 4.74 Å².